The summed E-state index contributed by atoms with van der Waals surface area (Å²) in [5.41, 5.74) is 0.986. The van der Waals surface area contributed by atoms with Crippen LogP contribution in [0.4, 0.5) is 18.0 Å². The van der Waals surface area contributed by atoms with E-state index in [1.807, 2.05) is 0 Å². The normalized spacial score (nSPS) is 14.4. The molecule has 0 aliphatic carbocycles. The van der Waals surface area contributed by atoms with Crippen LogP contribution in [-0.4, -0.2) is 42.9 Å². The van der Waals surface area contributed by atoms with Gasteiger partial charge >= 0.3 is 12.2 Å². The van der Waals surface area contributed by atoms with Crippen LogP contribution in [0.2, 0.25) is 0 Å². The molecule has 12 heteroatoms. The molecule has 0 atom stereocenters. The van der Waals surface area contributed by atoms with Crippen molar-refractivity contribution < 1.29 is 18.0 Å². The predicted molar refractivity (Wildman–Crippen MR) is 72.6 cm³/mol. The fourth-order valence-corrected chi connectivity index (χ4v) is 2.29. The first kappa shape index (κ1) is 16.0. The minimum atomic E-state index is -4.64. The van der Waals surface area contributed by atoms with Crippen molar-refractivity contribution in [1.29, 1.82) is 0 Å². The van der Waals surface area contributed by atoms with E-state index < -0.39 is 18.0 Å². The third-order valence-electron chi connectivity index (χ3n) is 3.44. The summed E-state index contributed by atoms with van der Waals surface area (Å²) >= 11 is 0. The summed E-state index contributed by atoms with van der Waals surface area (Å²) in [6.07, 6.45) is -4.17. The van der Waals surface area contributed by atoms with E-state index in [2.05, 4.69) is 30.7 Å². The predicted octanol–water partition coefficient (Wildman–Crippen LogP) is 0.175. The van der Waals surface area contributed by atoms with Crippen LogP contribution in [0.3, 0.4) is 0 Å². The van der Waals surface area contributed by atoms with Gasteiger partial charge in [-0.3, -0.25) is 9.89 Å². The van der Waals surface area contributed by atoms with E-state index in [4.69, 9.17) is 0 Å². The number of fused-ring (bicyclic) bond motifs is 1. The molecule has 0 saturated carbocycles. The zero-order valence-corrected chi connectivity index (χ0v) is 12.1. The van der Waals surface area contributed by atoms with Crippen molar-refractivity contribution in [2.24, 2.45) is 0 Å². The Morgan fingerprint density at radius 1 is 1.33 bits per heavy atom. The summed E-state index contributed by atoms with van der Waals surface area (Å²) < 4.78 is 37.2. The summed E-state index contributed by atoms with van der Waals surface area (Å²) in [6, 6.07) is 0.888. The number of aromatic nitrogens is 5. The average molecular weight is 343 g/mol. The molecule has 2 aromatic rings. The van der Waals surface area contributed by atoms with Gasteiger partial charge in [0.05, 0.1) is 12.2 Å². The summed E-state index contributed by atoms with van der Waals surface area (Å²) in [5, 5.41) is 13.9. The third kappa shape index (κ3) is 3.36. The van der Waals surface area contributed by atoms with Crippen molar-refractivity contribution >= 4 is 6.03 Å². The molecule has 0 saturated heterocycles. The molecule has 1 aliphatic rings. The number of hydrogen-bond acceptors (Lipinski definition) is 5. The highest BCUT2D eigenvalue weighted by Gasteiger charge is 2.36. The molecule has 0 radical (unpaired) electrons. The third-order valence-corrected chi connectivity index (χ3v) is 3.44. The fraction of sp³-hybridized carbons (Fsp3) is 0.417. The zero-order valence-electron chi connectivity index (χ0n) is 12.1. The van der Waals surface area contributed by atoms with E-state index in [1.165, 1.54) is 11.0 Å². The standard InChI is InChI=1S/C12H12F3N7O2/c13-12(14,15)10-17-8(19-21-10)4-16-11(24)22-2-1-7-6(5-22)3-9(23)20-18-7/h3H,1-2,4-5H2,(H,16,24)(H,20,23)(H,17,19,21). The molecule has 24 heavy (non-hydrogen) atoms. The first-order valence-corrected chi connectivity index (χ1v) is 6.91. The molecule has 3 rings (SSSR count). The van der Waals surface area contributed by atoms with Gasteiger partial charge in [0.2, 0.25) is 0 Å². The number of carbonyl (C=O) groups excluding carboxylic acids is 1. The molecule has 3 heterocycles. The van der Waals surface area contributed by atoms with E-state index in [1.54, 1.807) is 0 Å². The molecule has 0 unspecified atom stereocenters. The van der Waals surface area contributed by atoms with Crippen LogP contribution in [0.25, 0.3) is 0 Å². The molecule has 0 aromatic carbocycles. The monoisotopic (exact) mass is 343 g/mol. The second-order valence-corrected chi connectivity index (χ2v) is 5.14. The Hall–Kier alpha value is -2.92. The molecule has 0 spiro atoms. The number of H-pyrrole nitrogens is 2. The smallest absolute Gasteiger partial charge is 0.331 e. The summed E-state index contributed by atoms with van der Waals surface area (Å²) in [5.74, 6) is -1.39. The van der Waals surface area contributed by atoms with Gasteiger partial charge in [0.1, 0.15) is 5.82 Å². The van der Waals surface area contributed by atoms with Crippen LogP contribution in [-0.2, 0) is 25.7 Å². The average Bonchev–Trinajstić information content (AvgIpc) is 3.01. The molecule has 9 nitrogen and oxygen atoms in total. The van der Waals surface area contributed by atoms with Crippen LogP contribution < -0.4 is 10.9 Å². The van der Waals surface area contributed by atoms with Crippen LogP contribution in [0, 0.1) is 0 Å². The lowest BCUT2D eigenvalue weighted by Gasteiger charge is -2.27. The maximum absolute atomic E-state index is 12.4. The number of amides is 2. The van der Waals surface area contributed by atoms with Gasteiger partial charge in [-0.15, -0.1) is 5.10 Å². The van der Waals surface area contributed by atoms with E-state index in [0.29, 0.717) is 24.2 Å². The second kappa shape index (κ2) is 5.94. The number of urea groups is 1. The Bertz CT molecular complexity index is 813. The largest absolute Gasteiger partial charge is 0.453 e. The highest BCUT2D eigenvalue weighted by atomic mass is 19.4. The van der Waals surface area contributed by atoms with Gasteiger partial charge in [0.15, 0.2) is 0 Å². The molecule has 128 valence electrons. The minimum Gasteiger partial charge on any atom is -0.331 e. The van der Waals surface area contributed by atoms with Crippen LogP contribution in [0.1, 0.15) is 22.9 Å². The molecular weight excluding hydrogens is 331 g/mol. The number of aromatic amines is 2. The molecule has 2 amide bonds. The van der Waals surface area contributed by atoms with Gasteiger partial charge < -0.3 is 10.2 Å². The molecule has 2 aromatic heterocycles. The maximum Gasteiger partial charge on any atom is 0.453 e. The van der Waals surface area contributed by atoms with E-state index in [0.717, 1.165) is 0 Å². The van der Waals surface area contributed by atoms with Crippen LogP contribution in [0.15, 0.2) is 10.9 Å². The summed E-state index contributed by atoms with van der Waals surface area (Å²) in [4.78, 5) is 28.1. The van der Waals surface area contributed by atoms with Crippen molar-refractivity contribution in [3.05, 3.63) is 39.3 Å². The van der Waals surface area contributed by atoms with E-state index >= 15 is 0 Å². The highest BCUT2D eigenvalue weighted by Crippen LogP contribution is 2.25. The van der Waals surface area contributed by atoms with Crippen molar-refractivity contribution in [2.45, 2.75) is 25.7 Å². The topological polar surface area (TPSA) is 120 Å². The van der Waals surface area contributed by atoms with Gasteiger partial charge in [0.25, 0.3) is 11.4 Å². The lowest BCUT2D eigenvalue weighted by Crippen LogP contribution is -2.43. The van der Waals surface area contributed by atoms with Crippen molar-refractivity contribution in [2.75, 3.05) is 6.54 Å². The SMILES string of the molecule is O=C(NCc1nc(C(F)(F)F)n[nH]1)N1CCc2n[nH]c(=O)cc2C1. The van der Waals surface area contributed by atoms with Gasteiger partial charge in [-0.2, -0.15) is 18.3 Å². The quantitative estimate of drug-likeness (QED) is 0.718. The van der Waals surface area contributed by atoms with Crippen LogP contribution in [0.5, 0.6) is 0 Å². The Balaban J connectivity index is 1.60. The van der Waals surface area contributed by atoms with Gasteiger partial charge in [-0.1, -0.05) is 0 Å². The Morgan fingerprint density at radius 3 is 2.83 bits per heavy atom. The lowest BCUT2D eigenvalue weighted by atomic mass is 10.1. The first-order valence-electron chi connectivity index (χ1n) is 6.91. The molecule has 3 N–H and O–H groups in total. The van der Waals surface area contributed by atoms with Crippen LogP contribution >= 0.6 is 0 Å². The second-order valence-electron chi connectivity index (χ2n) is 5.14. The number of carbonyl (C=O) groups is 1. The van der Waals surface area contributed by atoms with Gasteiger partial charge in [-0.25, -0.2) is 14.9 Å². The fourth-order valence-electron chi connectivity index (χ4n) is 2.29. The number of nitrogens with one attached hydrogen (secondary N) is 3. The number of halogens is 3. The molecular formula is C12H12F3N7O2. The molecule has 1 aliphatic heterocycles. The zero-order chi connectivity index (χ0) is 17.3. The number of rotatable bonds is 2. The Morgan fingerprint density at radius 2 is 2.12 bits per heavy atom. The van der Waals surface area contributed by atoms with Gasteiger partial charge in [-0.05, 0) is 0 Å². The molecule has 0 fully saturated rings. The Labute approximate surface area is 132 Å². The van der Waals surface area contributed by atoms with Crippen molar-refractivity contribution in [3.8, 4) is 0 Å². The van der Waals surface area contributed by atoms with Crippen molar-refractivity contribution in [1.82, 2.24) is 35.6 Å². The minimum absolute atomic E-state index is 0.105. The maximum atomic E-state index is 12.4. The first-order chi connectivity index (χ1) is 11.3. The number of hydrogen-bond donors (Lipinski definition) is 3. The van der Waals surface area contributed by atoms with Gasteiger partial charge in [0, 0.05) is 31.1 Å². The highest BCUT2D eigenvalue weighted by molar-refractivity contribution is 5.74. The number of nitrogens with zero attached hydrogens (tertiary/aromatic N) is 4. The Kier molecular flexibility index (Phi) is 3.95. The van der Waals surface area contributed by atoms with Crippen molar-refractivity contribution in [3.63, 3.8) is 0 Å². The molecule has 0 bridgehead atoms. The lowest BCUT2D eigenvalue weighted by molar-refractivity contribution is -0.144. The van der Waals surface area contributed by atoms with E-state index in [-0.39, 0.29) is 24.5 Å². The van der Waals surface area contributed by atoms with E-state index in [9.17, 15) is 22.8 Å². The number of alkyl halides is 3. The summed E-state index contributed by atoms with van der Waals surface area (Å²) in [6.45, 7) is 0.350. The summed E-state index contributed by atoms with van der Waals surface area (Å²) in [7, 11) is 0.